The first kappa shape index (κ1) is 11.0. The Morgan fingerprint density at radius 2 is 2.08 bits per heavy atom. The van der Waals surface area contributed by atoms with Gasteiger partial charge in [0.1, 0.15) is 0 Å². The van der Waals surface area contributed by atoms with Gasteiger partial charge in [-0.2, -0.15) is 0 Å². The maximum atomic E-state index is 9.33. The number of aliphatic hydroxyl groups is 1. The van der Waals surface area contributed by atoms with Gasteiger partial charge in [-0.1, -0.05) is 12.8 Å². The van der Waals surface area contributed by atoms with Gasteiger partial charge in [-0.25, -0.2) is 0 Å². The van der Waals surface area contributed by atoms with Crippen molar-refractivity contribution in [3.05, 3.63) is 0 Å². The number of aliphatic hydroxyl groups excluding tert-OH is 1. The van der Waals surface area contributed by atoms with Gasteiger partial charge in [0.15, 0.2) is 0 Å². The molecule has 0 spiro atoms. The zero-order valence-corrected chi connectivity index (χ0v) is 8.68. The topological polar surface area (TPSA) is 41.5 Å². The second-order valence-electron chi connectivity index (χ2n) is 4.15. The molecule has 3 nitrogen and oxygen atoms in total. The standard InChI is InChI=1S/C10H21NO2/c1-9(7-13-2)11-10(8-12)5-3-4-6-10/h9,11-12H,3-8H2,1-2H3. The summed E-state index contributed by atoms with van der Waals surface area (Å²) in [5.41, 5.74) is -0.0159. The summed E-state index contributed by atoms with van der Waals surface area (Å²) in [4.78, 5) is 0. The normalized spacial score (nSPS) is 23.3. The van der Waals surface area contributed by atoms with Crippen molar-refractivity contribution < 1.29 is 9.84 Å². The van der Waals surface area contributed by atoms with Crippen LogP contribution < -0.4 is 5.32 Å². The molecule has 0 aromatic rings. The summed E-state index contributed by atoms with van der Waals surface area (Å²) in [5, 5.41) is 12.8. The molecule has 2 N–H and O–H groups in total. The number of methoxy groups -OCH3 is 1. The first-order valence-electron chi connectivity index (χ1n) is 5.10. The molecule has 0 amide bonds. The van der Waals surface area contributed by atoms with E-state index in [1.54, 1.807) is 7.11 Å². The molecule has 0 radical (unpaired) electrons. The fraction of sp³-hybridized carbons (Fsp3) is 1.00. The predicted molar refractivity (Wildman–Crippen MR) is 52.8 cm³/mol. The number of hydrogen-bond donors (Lipinski definition) is 2. The van der Waals surface area contributed by atoms with Crippen molar-refractivity contribution in [1.29, 1.82) is 0 Å². The molecule has 0 aromatic carbocycles. The van der Waals surface area contributed by atoms with Crippen molar-refractivity contribution in [2.24, 2.45) is 0 Å². The highest BCUT2D eigenvalue weighted by Crippen LogP contribution is 2.29. The molecule has 1 saturated carbocycles. The molecule has 1 atom stereocenters. The highest BCUT2D eigenvalue weighted by molar-refractivity contribution is 4.93. The van der Waals surface area contributed by atoms with Crippen LogP contribution >= 0.6 is 0 Å². The van der Waals surface area contributed by atoms with Gasteiger partial charge >= 0.3 is 0 Å². The van der Waals surface area contributed by atoms with E-state index in [1.807, 2.05) is 0 Å². The minimum absolute atomic E-state index is 0.0159. The molecule has 1 rings (SSSR count). The van der Waals surface area contributed by atoms with Crippen LogP contribution in [0.2, 0.25) is 0 Å². The molecule has 13 heavy (non-hydrogen) atoms. The lowest BCUT2D eigenvalue weighted by molar-refractivity contribution is 0.116. The lowest BCUT2D eigenvalue weighted by atomic mass is 9.98. The fourth-order valence-corrected chi connectivity index (χ4v) is 2.21. The minimum atomic E-state index is -0.0159. The molecule has 1 fully saturated rings. The van der Waals surface area contributed by atoms with E-state index in [1.165, 1.54) is 12.8 Å². The average Bonchev–Trinajstić information content (AvgIpc) is 2.54. The zero-order valence-electron chi connectivity index (χ0n) is 8.68. The molecule has 3 heteroatoms. The van der Waals surface area contributed by atoms with Gasteiger partial charge in [-0.05, 0) is 19.8 Å². The third-order valence-electron chi connectivity index (χ3n) is 2.83. The third kappa shape index (κ3) is 2.93. The Bertz CT molecular complexity index is 144. The monoisotopic (exact) mass is 187 g/mol. The SMILES string of the molecule is COCC(C)NC1(CO)CCCC1. The van der Waals surface area contributed by atoms with Gasteiger partial charge < -0.3 is 15.2 Å². The summed E-state index contributed by atoms with van der Waals surface area (Å²) < 4.78 is 5.06. The first-order chi connectivity index (χ1) is 6.22. The van der Waals surface area contributed by atoms with E-state index < -0.39 is 0 Å². The van der Waals surface area contributed by atoms with Crippen LogP contribution in [0.25, 0.3) is 0 Å². The van der Waals surface area contributed by atoms with Crippen LogP contribution in [0.4, 0.5) is 0 Å². The van der Waals surface area contributed by atoms with Crippen LogP contribution in [0, 0.1) is 0 Å². The fourth-order valence-electron chi connectivity index (χ4n) is 2.21. The maximum Gasteiger partial charge on any atom is 0.0613 e. The van der Waals surface area contributed by atoms with Crippen molar-refractivity contribution in [3.63, 3.8) is 0 Å². The Hall–Kier alpha value is -0.120. The number of ether oxygens (including phenoxy) is 1. The van der Waals surface area contributed by atoms with Gasteiger partial charge in [-0.3, -0.25) is 0 Å². The highest BCUT2D eigenvalue weighted by atomic mass is 16.5. The number of rotatable bonds is 5. The Kier molecular flexibility index (Phi) is 4.16. The minimum Gasteiger partial charge on any atom is -0.394 e. The number of hydrogen-bond acceptors (Lipinski definition) is 3. The average molecular weight is 187 g/mol. The predicted octanol–water partition coefficient (Wildman–Crippen LogP) is 0.916. The molecule has 1 aliphatic carbocycles. The molecular weight excluding hydrogens is 166 g/mol. The molecule has 1 unspecified atom stereocenters. The summed E-state index contributed by atoms with van der Waals surface area (Å²) in [6, 6.07) is 0.329. The van der Waals surface area contributed by atoms with Crippen molar-refractivity contribution in [2.45, 2.75) is 44.2 Å². The van der Waals surface area contributed by atoms with Crippen molar-refractivity contribution in [2.75, 3.05) is 20.3 Å². The van der Waals surface area contributed by atoms with E-state index in [-0.39, 0.29) is 12.1 Å². The van der Waals surface area contributed by atoms with Crippen LogP contribution in [-0.4, -0.2) is 37.0 Å². The molecular formula is C10H21NO2. The molecule has 0 bridgehead atoms. The van der Waals surface area contributed by atoms with Gasteiger partial charge in [-0.15, -0.1) is 0 Å². The van der Waals surface area contributed by atoms with Crippen LogP contribution in [0.3, 0.4) is 0 Å². The second-order valence-corrected chi connectivity index (χ2v) is 4.15. The van der Waals surface area contributed by atoms with Gasteiger partial charge in [0, 0.05) is 18.7 Å². The van der Waals surface area contributed by atoms with Crippen molar-refractivity contribution in [1.82, 2.24) is 5.32 Å². The largest absolute Gasteiger partial charge is 0.394 e. The van der Waals surface area contributed by atoms with E-state index in [4.69, 9.17) is 4.74 Å². The zero-order chi connectivity index (χ0) is 9.73. The quantitative estimate of drug-likeness (QED) is 0.672. The maximum absolute atomic E-state index is 9.33. The molecule has 1 aliphatic rings. The van der Waals surface area contributed by atoms with Crippen molar-refractivity contribution >= 4 is 0 Å². The van der Waals surface area contributed by atoms with Crippen LogP contribution in [-0.2, 0) is 4.74 Å². The number of nitrogens with one attached hydrogen (secondary N) is 1. The van der Waals surface area contributed by atoms with Crippen LogP contribution in [0.15, 0.2) is 0 Å². The third-order valence-corrected chi connectivity index (χ3v) is 2.83. The van der Waals surface area contributed by atoms with Gasteiger partial charge in [0.25, 0.3) is 0 Å². The molecule has 0 heterocycles. The summed E-state index contributed by atoms with van der Waals surface area (Å²) >= 11 is 0. The lowest BCUT2D eigenvalue weighted by Crippen LogP contribution is -2.51. The van der Waals surface area contributed by atoms with E-state index in [0.29, 0.717) is 12.6 Å². The van der Waals surface area contributed by atoms with Gasteiger partial charge in [0.2, 0.25) is 0 Å². The molecule has 0 aromatic heterocycles. The smallest absolute Gasteiger partial charge is 0.0613 e. The summed E-state index contributed by atoms with van der Waals surface area (Å²) in [7, 11) is 1.71. The summed E-state index contributed by atoms with van der Waals surface area (Å²) in [6.07, 6.45) is 4.65. The summed E-state index contributed by atoms with van der Waals surface area (Å²) in [6.45, 7) is 3.06. The Labute approximate surface area is 80.5 Å². The first-order valence-corrected chi connectivity index (χ1v) is 5.10. The molecule has 0 saturated heterocycles. The Morgan fingerprint density at radius 3 is 2.54 bits per heavy atom. The van der Waals surface area contributed by atoms with E-state index in [2.05, 4.69) is 12.2 Å². The Balaban J connectivity index is 2.38. The summed E-state index contributed by atoms with van der Waals surface area (Å²) in [5.74, 6) is 0. The molecule has 78 valence electrons. The van der Waals surface area contributed by atoms with Crippen LogP contribution in [0.1, 0.15) is 32.6 Å². The lowest BCUT2D eigenvalue weighted by Gasteiger charge is -2.31. The van der Waals surface area contributed by atoms with Crippen molar-refractivity contribution in [3.8, 4) is 0 Å². The molecule has 0 aliphatic heterocycles. The van der Waals surface area contributed by atoms with E-state index >= 15 is 0 Å². The second kappa shape index (κ2) is 4.94. The Morgan fingerprint density at radius 1 is 1.46 bits per heavy atom. The van der Waals surface area contributed by atoms with Crippen LogP contribution in [0.5, 0.6) is 0 Å². The van der Waals surface area contributed by atoms with E-state index in [9.17, 15) is 5.11 Å². The van der Waals surface area contributed by atoms with E-state index in [0.717, 1.165) is 12.8 Å². The highest BCUT2D eigenvalue weighted by Gasteiger charge is 2.33. The van der Waals surface area contributed by atoms with Gasteiger partial charge in [0.05, 0.1) is 13.2 Å².